The normalized spacial score (nSPS) is 10.5. The molecule has 41 heavy (non-hydrogen) atoms. The van der Waals surface area contributed by atoms with Crippen molar-refractivity contribution in [1.82, 2.24) is 21.4 Å². The summed E-state index contributed by atoms with van der Waals surface area (Å²) in [5.41, 5.74) is 4.40. The number of carbonyl (C=O) groups excluding carboxylic acids is 2. The Morgan fingerprint density at radius 1 is 0.561 bits per heavy atom. The predicted octanol–water partition coefficient (Wildman–Crippen LogP) is 6.46. The van der Waals surface area contributed by atoms with Gasteiger partial charge < -0.3 is 16.0 Å². The second-order valence-corrected chi connectivity index (χ2v) is 10.2. The van der Waals surface area contributed by atoms with E-state index >= 15 is 0 Å². The summed E-state index contributed by atoms with van der Waals surface area (Å²) < 4.78 is 0. The number of benzene rings is 2. The molecule has 0 heterocycles. The van der Waals surface area contributed by atoms with Crippen LogP contribution in [0.5, 0.6) is 0 Å². The highest BCUT2D eigenvalue weighted by Crippen LogP contribution is 2.27. The Labute approximate surface area is 268 Å². The molecule has 0 bridgehead atoms. The van der Waals surface area contributed by atoms with Crippen molar-refractivity contribution in [1.29, 1.82) is 0 Å². The maximum atomic E-state index is 11.9. The van der Waals surface area contributed by atoms with E-state index < -0.39 is 0 Å². The third kappa shape index (κ3) is 19.9. The lowest BCUT2D eigenvalue weighted by Gasteiger charge is -2.18. The number of amides is 2. The van der Waals surface area contributed by atoms with E-state index in [1.54, 1.807) is 5.48 Å². The van der Waals surface area contributed by atoms with Crippen LogP contribution in [0, 0.1) is 0 Å². The Morgan fingerprint density at radius 2 is 1.02 bits per heavy atom. The van der Waals surface area contributed by atoms with Crippen LogP contribution in [0.25, 0.3) is 0 Å². The molecule has 2 amide bonds. The van der Waals surface area contributed by atoms with Crippen LogP contribution in [0.1, 0.15) is 94.1 Å². The molecule has 0 fully saturated rings. The first-order valence-electron chi connectivity index (χ1n) is 14.9. The van der Waals surface area contributed by atoms with Crippen LogP contribution in [0.2, 0.25) is 0 Å². The number of carbonyl (C=O) groups is 2. The monoisotopic (exact) mass is 698 g/mol. The Bertz CT molecular complexity index is 852. The van der Waals surface area contributed by atoms with Crippen LogP contribution < -0.4 is 21.4 Å². The zero-order valence-electron chi connectivity index (χ0n) is 24.5. The van der Waals surface area contributed by atoms with E-state index in [1.165, 1.54) is 11.1 Å². The quantitative estimate of drug-likeness (QED) is 0.0521. The van der Waals surface area contributed by atoms with Gasteiger partial charge in [0.05, 0.1) is 0 Å². The van der Waals surface area contributed by atoms with Crippen molar-refractivity contribution in [3.8, 4) is 0 Å². The van der Waals surface area contributed by atoms with E-state index in [0.717, 1.165) is 96.9 Å². The van der Waals surface area contributed by atoms with E-state index in [1.807, 2.05) is 0 Å². The van der Waals surface area contributed by atoms with Gasteiger partial charge in [-0.15, -0.1) is 34.0 Å². The number of hydroxylamine groups is 1. The van der Waals surface area contributed by atoms with Crippen molar-refractivity contribution in [3.05, 3.63) is 71.8 Å². The van der Waals surface area contributed by atoms with Gasteiger partial charge in [-0.25, -0.2) is 5.48 Å². The third-order valence-corrected chi connectivity index (χ3v) is 7.01. The van der Waals surface area contributed by atoms with Crippen molar-refractivity contribution in [2.24, 2.45) is 0 Å². The van der Waals surface area contributed by atoms with Crippen LogP contribution in [0.3, 0.4) is 0 Å². The fourth-order valence-electron chi connectivity index (χ4n) is 4.76. The molecule has 0 saturated heterocycles. The molecule has 0 aliphatic heterocycles. The molecule has 0 spiro atoms. The van der Waals surface area contributed by atoms with Crippen LogP contribution in [-0.4, -0.2) is 49.7 Å². The molecule has 0 saturated carbocycles. The molecule has 9 heteroatoms. The lowest BCUT2D eigenvalue weighted by Crippen LogP contribution is -2.27. The summed E-state index contributed by atoms with van der Waals surface area (Å²) in [5, 5.41) is 18.6. The predicted molar refractivity (Wildman–Crippen MR) is 179 cm³/mol. The van der Waals surface area contributed by atoms with E-state index in [2.05, 4.69) is 76.6 Å². The van der Waals surface area contributed by atoms with Crippen LogP contribution >= 0.6 is 34.0 Å². The molecular weight excluding hydrogens is 648 g/mol. The summed E-state index contributed by atoms with van der Waals surface area (Å²) in [6.07, 6.45) is 11.2. The molecule has 0 unspecified atom stereocenters. The lowest BCUT2D eigenvalue weighted by atomic mass is 9.88. The van der Waals surface area contributed by atoms with Gasteiger partial charge in [0.2, 0.25) is 11.8 Å². The molecule has 232 valence electrons. The van der Waals surface area contributed by atoms with Crippen LogP contribution in [0.15, 0.2) is 60.7 Å². The van der Waals surface area contributed by atoms with Gasteiger partial charge in [0.25, 0.3) is 0 Å². The first-order chi connectivity index (χ1) is 19.2. The lowest BCUT2D eigenvalue weighted by molar-refractivity contribution is -0.129. The number of hydrogen-bond donors (Lipinski definition) is 5. The van der Waals surface area contributed by atoms with Gasteiger partial charge in [0.15, 0.2) is 0 Å². The topological polar surface area (TPSA) is 102 Å². The molecule has 2 aromatic carbocycles. The SMILES string of the molecule is Br.Br.O=C(CCCCCCCCC(=O)NCCCNCCCCNCCC(c1ccccc1)c1ccccc1)NO. The largest absolute Gasteiger partial charge is 0.356 e. The summed E-state index contributed by atoms with van der Waals surface area (Å²) in [7, 11) is 0. The average molecular weight is 701 g/mol. The highest BCUT2D eigenvalue weighted by atomic mass is 79.9. The first kappa shape index (κ1) is 39.2. The minimum absolute atomic E-state index is 0. The zero-order valence-corrected chi connectivity index (χ0v) is 27.9. The molecule has 0 aliphatic carbocycles. The molecule has 0 aromatic heterocycles. The maximum Gasteiger partial charge on any atom is 0.243 e. The fraction of sp³-hybridized carbons (Fsp3) is 0.562. The summed E-state index contributed by atoms with van der Waals surface area (Å²) in [6.45, 7) is 4.71. The molecule has 2 aromatic rings. The van der Waals surface area contributed by atoms with Gasteiger partial charge in [-0.05, 0) is 75.8 Å². The minimum Gasteiger partial charge on any atom is -0.356 e. The van der Waals surface area contributed by atoms with Gasteiger partial charge in [-0.3, -0.25) is 14.8 Å². The molecule has 0 aliphatic rings. The number of halogens is 2. The Balaban J connectivity index is 0.00000800. The summed E-state index contributed by atoms with van der Waals surface area (Å²) in [6, 6.07) is 21.6. The molecule has 2 rings (SSSR count). The van der Waals surface area contributed by atoms with Crippen molar-refractivity contribution in [2.45, 2.75) is 83.0 Å². The fourth-order valence-corrected chi connectivity index (χ4v) is 4.76. The first-order valence-corrected chi connectivity index (χ1v) is 14.9. The second-order valence-electron chi connectivity index (χ2n) is 10.2. The Kier molecular flexibility index (Phi) is 25.9. The zero-order chi connectivity index (χ0) is 27.8. The van der Waals surface area contributed by atoms with Crippen molar-refractivity contribution < 1.29 is 14.8 Å². The maximum absolute atomic E-state index is 11.9. The standard InChI is InChI=1S/C32H50N4O3.2BrH/c37-31(20-11-3-1-2-4-12-21-32(38)36-39)35-26-15-25-33-23-13-14-24-34-27-22-30(28-16-7-5-8-17-28)29-18-9-6-10-19-29;;/h5-10,16-19,30,33-34,39H,1-4,11-15,20-27H2,(H,35,37)(H,36,38);2*1H. The Hall–Kier alpha value is -1.78. The van der Waals surface area contributed by atoms with Gasteiger partial charge in [0, 0.05) is 25.3 Å². The number of hydrogen-bond acceptors (Lipinski definition) is 5. The second kappa shape index (κ2) is 27.1. The van der Waals surface area contributed by atoms with E-state index in [0.29, 0.717) is 18.8 Å². The van der Waals surface area contributed by atoms with Crippen molar-refractivity contribution >= 4 is 45.8 Å². The third-order valence-electron chi connectivity index (χ3n) is 7.01. The molecule has 0 atom stereocenters. The number of unbranched alkanes of at least 4 members (excludes halogenated alkanes) is 6. The minimum atomic E-state index is -0.322. The van der Waals surface area contributed by atoms with Gasteiger partial charge >= 0.3 is 0 Å². The van der Waals surface area contributed by atoms with Crippen molar-refractivity contribution in [3.63, 3.8) is 0 Å². The molecule has 7 nitrogen and oxygen atoms in total. The summed E-state index contributed by atoms with van der Waals surface area (Å²) in [5.74, 6) is 0.243. The molecule has 5 N–H and O–H groups in total. The van der Waals surface area contributed by atoms with E-state index in [4.69, 9.17) is 5.21 Å². The van der Waals surface area contributed by atoms with Crippen LogP contribution in [-0.2, 0) is 9.59 Å². The smallest absolute Gasteiger partial charge is 0.243 e. The molecule has 0 radical (unpaired) electrons. The highest BCUT2D eigenvalue weighted by Gasteiger charge is 2.13. The van der Waals surface area contributed by atoms with E-state index in [-0.39, 0.29) is 45.8 Å². The van der Waals surface area contributed by atoms with Gasteiger partial charge in [-0.1, -0.05) is 86.3 Å². The Morgan fingerprint density at radius 3 is 1.56 bits per heavy atom. The van der Waals surface area contributed by atoms with Crippen molar-refractivity contribution in [2.75, 3.05) is 32.7 Å². The van der Waals surface area contributed by atoms with Crippen LogP contribution in [0.4, 0.5) is 0 Å². The highest BCUT2D eigenvalue weighted by molar-refractivity contribution is 8.93. The van der Waals surface area contributed by atoms with Gasteiger partial charge in [-0.2, -0.15) is 0 Å². The number of nitrogens with one attached hydrogen (secondary N) is 4. The van der Waals surface area contributed by atoms with Gasteiger partial charge in [0.1, 0.15) is 0 Å². The summed E-state index contributed by atoms with van der Waals surface area (Å²) in [4.78, 5) is 22.9. The van der Waals surface area contributed by atoms with E-state index in [9.17, 15) is 9.59 Å². The molecular formula is C32H52Br2N4O3. The number of rotatable bonds is 23. The average Bonchev–Trinajstić information content (AvgIpc) is 2.97. The summed E-state index contributed by atoms with van der Waals surface area (Å²) >= 11 is 0.